The fraction of sp³-hybridized carbons (Fsp3) is 0.385. The molecule has 0 amide bonds. The van der Waals surface area contributed by atoms with Crippen molar-refractivity contribution in [1.29, 1.82) is 0 Å². The van der Waals surface area contributed by atoms with Crippen molar-refractivity contribution in [2.45, 2.75) is 25.9 Å². The summed E-state index contributed by atoms with van der Waals surface area (Å²) in [6, 6.07) is 8.15. The minimum absolute atomic E-state index is 0.0148. The molecule has 0 spiro atoms. The number of hydrogen-bond acceptors (Lipinski definition) is 3. The van der Waals surface area contributed by atoms with E-state index in [4.69, 9.17) is 9.84 Å². The molecule has 1 aromatic carbocycles. The van der Waals surface area contributed by atoms with Crippen LogP contribution < -0.4 is 0 Å². The quantitative estimate of drug-likeness (QED) is 0.862. The highest BCUT2D eigenvalue weighted by atomic mass is 16.5. The van der Waals surface area contributed by atoms with Gasteiger partial charge in [-0.05, 0) is 12.5 Å². The molecule has 4 heteroatoms. The van der Waals surface area contributed by atoms with E-state index in [9.17, 15) is 4.79 Å². The average Bonchev–Trinajstić information content (AvgIpc) is 2.68. The summed E-state index contributed by atoms with van der Waals surface area (Å²) in [4.78, 5) is 14.7. The standard InChI is InChI=1S/C13H15NO3/c1-9-2-4-10(5-3-9)6-12-14-8-11(17-12)7-13(15)16/h2-5,11H,6-8H2,1H3,(H,15,16). The Morgan fingerprint density at radius 2 is 2.18 bits per heavy atom. The molecule has 0 saturated heterocycles. The predicted octanol–water partition coefficient (Wildman–Crippen LogP) is 1.81. The van der Waals surface area contributed by atoms with Crippen LogP contribution in [-0.2, 0) is 16.0 Å². The number of carboxylic acids is 1. The van der Waals surface area contributed by atoms with Gasteiger partial charge in [-0.25, -0.2) is 0 Å². The number of carbonyl (C=O) groups is 1. The molecule has 90 valence electrons. The van der Waals surface area contributed by atoms with Crippen LogP contribution in [0.5, 0.6) is 0 Å². The Bertz CT molecular complexity index is 436. The maximum absolute atomic E-state index is 10.5. The Kier molecular flexibility index (Phi) is 3.42. The fourth-order valence-corrected chi connectivity index (χ4v) is 1.75. The third-order valence-electron chi connectivity index (χ3n) is 2.65. The average molecular weight is 233 g/mol. The van der Waals surface area contributed by atoms with Crippen LogP contribution in [0.2, 0.25) is 0 Å². The van der Waals surface area contributed by atoms with Gasteiger partial charge in [0.25, 0.3) is 0 Å². The molecule has 1 N–H and O–H groups in total. The van der Waals surface area contributed by atoms with Gasteiger partial charge < -0.3 is 9.84 Å². The van der Waals surface area contributed by atoms with Crippen LogP contribution in [0.1, 0.15) is 17.5 Å². The smallest absolute Gasteiger partial charge is 0.307 e. The van der Waals surface area contributed by atoms with E-state index in [1.54, 1.807) is 0 Å². The summed E-state index contributed by atoms with van der Waals surface area (Å²) in [7, 11) is 0. The Morgan fingerprint density at radius 1 is 1.47 bits per heavy atom. The number of benzene rings is 1. The van der Waals surface area contributed by atoms with Crippen molar-refractivity contribution in [3.63, 3.8) is 0 Å². The van der Waals surface area contributed by atoms with E-state index in [1.165, 1.54) is 5.56 Å². The predicted molar refractivity (Wildman–Crippen MR) is 64.3 cm³/mol. The van der Waals surface area contributed by atoms with Crippen molar-refractivity contribution in [2.75, 3.05) is 6.54 Å². The summed E-state index contributed by atoms with van der Waals surface area (Å²) in [5.74, 6) is -0.207. The molecule has 17 heavy (non-hydrogen) atoms. The van der Waals surface area contributed by atoms with E-state index in [1.807, 2.05) is 31.2 Å². The second-order valence-electron chi connectivity index (χ2n) is 4.23. The Hall–Kier alpha value is -1.84. The van der Waals surface area contributed by atoms with Crippen molar-refractivity contribution in [2.24, 2.45) is 4.99 Å². The van der Waals surface area contributed by atoms with Crippen molar-refractivity contribution < 1.29 is 14.6 Å². The summed E-state index contributed by atoms with van der Waals surface area (Å²) >= 11 is 0. The largest absolute Gasteiger partial charge is 0.481 e. The molecule has 4 nitrogen and oxygen atoms in total. The number of hydrogen-bond donors (Lipinski definition) is 1. The number of ether oxygens (including phenoxy) is 1. The Labute approximate surface area is 99.9 Å². The SMILES string of the molecule is Cc1ccc(CC2=NCC(CC(=O)O)O2)cc1. The van der Waals surface area contributed by atoms with E-state index < -0.39 is 5.97 Å². The monoisotopic (exact) mass is 233 g/mol. The first-order valence-electron chi connectivity index (χ1n) is 5.61. The van der Waals surface area contributed by atoms with Gasteiger partial charge >= 0.3 is 5.97 Å². The highest BCUT2D eigenvalue weighted by Gasteiger charge is 2.22. The van der Waals surface area contributed by atoms with Gasteiger partial charge in [0.15, 0.2) is 5.90 Å². The molecule has 0 radical (unpaired) electrons. The molecule has 1 aromatic rings. The van der Waals surface area contributed by atoms with Crippen LogP contribution in [0.15, 0.2) is 29.3 Å². The van der Waals surface area contributed by atoms with E-state index in [0.29, 0.717) is 18.9 Å². The van der Waals surface area contributed by atoms with Crippen molar-refractivity contribution >= 4 is 11.9 Å². The lowest BCUT2D eigenvalue weighted by Crippen LogP contribution is -2.18. The lowest BCUT2D eigenvalue weighted by atomic mass is 10.1. The summed E-state index contributed by atoms with van der Waals surface area (Å²) < 4.78 is 5.48. The number of aryl methyl sites for hydroxylation is 1. The molecule has 0 fully saturated rings. The molecular formula is C13H15NO3. The van der Waals surface area contributed by atoms with Crippen LogP contribution in [0.3, 0.4) is 0 Å². The number of nitrogens with zero attached hydrogens (tertiary/aromatic N) is 1. The van der Waals surface area contributed by atoms with E-state index >= 15 is 0 Å². The molecule has 1 atom stereocenters. The molecule has 0 aromatic heterocycles. The van der Waals surface area contributed by atoms with E-state index in [-0.39, 0.29) is 12.5 Å². The van der Waals surface area contributed by atoms with Gasteiger partial charge in [0.1, 0.15) is 6.10 Å². The van der Waals surface area contributed by atoms with Crippen molar-refractivity contribution in [3.05, 3.63) is 35.4 Å². The second-order valence-corrected chi connectivity index (χ2v) is 4.23. The summed E-state index contributed by atoms with van der Waals surface area (Å²) in [6.07, 6.45) is 0.352. The van der Waals surface area contributed by atoms with Crippen LogP contribution in [0.25, 0.3) is 0 Å². The zero-order valence-electron chi connectivity index (χ0n) is 9.72. The molecule has 0 saturated carbocycles. The Balaban J connectivity index is 1.89. The molecule has 0 aliphatic carbocycles. The minimum atomic E-state index is -0.846. The lowest BCUT2D eigenvalue weighted by Gasteiger charge is -2.08. The number of rotatable bonds is 4. The number of aliphatic imine (C=N–C) groups is 1. The molecule has 2 rings (SSSR count). The van der Waals surface area contributed by atoms with E-state index in [0.717, 1.165) is 5.56 Å². The van der Waals surface area contributed by atoms with Crippen LogP contribution in [0.4, 0.5) is 0 Å². The normalized spacial score (nSPS) is 18.6. The first kappa shape index (κ1) is 11.6. The van der Waals surface area contributed by atoms with Gasteiger partial charge in [-0.1, -0.05) is 29.8 Å². The second kappa shape index (κ2) is 4.99. The van der Waals surface area contributed by atoms with Gasteiger partial charge in [0.05, 0.1) is 13.0 Å². The third-order valence-corrected chi connectivity index (χ3v) is 2.65. The molecule has 1 heterocycles. The number of aliphatic carboxylic acids is 1. The first-order chi connectivity index (χ1) is 8.13. The zero-order valence-corrected chi connectivity index (χ0v) is 9.72. The molecule has 1 aliphatic heterocycles. The molecule has 1 aliphatic rings. The van der Waals surface area contributed by atoms with Crippen LogP contribution in [0, 0.1) is 6.92 Å². The van der Waals surface area contributed by atoms with Crippen molar-refractivity contribution in [1.82, 2.24) is 0 Å². The van der Waals surface area contributed by atoms with Crippen LogP contribution in [-0.4, -0.2) is 29.6 Å². The van der Waals surface area contributed by atoms with Gasteiger partial charge in [0, 0.05) is 6.42 Å². The molecule has 1 unspecified atom stereocenters. The highest BCUT2D eigenvalue weighted by Crippen LogP contribution is 2.13. The van der Waals surface area contributed by atoms with Crippen LogP contribution >= 0.6 is 0 Å². The van der Waals surface area contributed by atoms with Gasteiger partial charge in [0.2, 0.25) is 0 Å². The van der Waals surface area contributed by atoms with Gasteiger partial charge in [-0.2, -0.15) is 0 Å². The summed E-state index contributed by atoms with van der Waals surface area (Å²) in [5.41, 5.74) is 2.34. The minimum Gasteiger partial charge on any atom is -0.481 e. The maximum atomic E-state index is 10.5. The number of carboxylic acid groups (broad SMARTS) is 1. The zero-order chi connectivity index (χ0) is 12.3. The lowest BCUT2D eigenvalue weighted by molar-refractivity contribution is -0.138. The van der Waals surface area contributed by atoms with E-state index in [2.05, 4.69) is 4.99 Å². The van der Waals surface area contributed by atoms with Gasteiger partial charge in [-0.15, -0.1) is 0 Å². The van der Waals surface area contributed by atoms with Gasteiger partial charge in [-0.3, -0.25) is 9.79 Å². The Morgan fingerprint density at radius 3 is 2.82 bits per heavy atom. The summed E-state index contributed by atoms with van der Waals surface area (Å²) in [6.45, 7) is 2.49. The first-order valence-corrected chi connectivity index (χ1v) is 5.61. The molecule has 0 bridgehead atoms. The third kappa shape index (κ3) is 3.31. The maximum Gasteiger partial charge on any atom is 0.307 e. The highest BCUT2D eigenvalue weighted by molar-refractivity contribution is 5.80. The molecular weight excluding hydrogens is 218 g/mol. The fourth-order valence-electron chi connectivity index (χ4n) is 1.75. The summed E-state index contributed by atoms with van der Waals surface area (Å²) in [5, 5.41) is 8.65. The van der Waals surface area contributed by atoms with Crippen molar-refractivity contribution in [3.8, 4) is 0 Å². The topological polar surface area (TPSA) is 58.9 Å².